The Bertz CT molecular complexity index is 1420. The highest BCUT2D eigenvalue weighted by Gasteiger charge is 2.46. The number of pyridine rings is 1. The van der Waals surface area contributed by atoms with Crippen LogP contribution < -0.4 is 10.2 Å². The fraction of sp³-hybridized carbons (Fsp3) is 0.200. The monoisotopic (exact) mass is 458 g/mol. The number of nitrogens with zero attached hydrogens (tertiary/aromatic N) is 5. The molecular formula is C25H20F2N6O. The van der Waals surface area contributed by atoms with Crippen LogP contribution in [-0.4, -0.2) is 44.8 Å². The number of nitrogens with one attached hydrogen (secondary N) is 1. The van der Waals surface area contributed by atoms with Crippen LogP contribution in [0.4, 0.5) is 26.2 Å². The number of hydrogen-bond donors (Lipinski definition) is 1. The summed E-state index contributed by atoms with van der Waals surface area (Å²) in [7, 11) is 0. The third-order valence-electron chi connectivity index (χ3n) is 6.15. The Hall–Kier alpha value is -4.14. The van der Waals surface area contributed by atoms with Crippen molar-refractivity contribution < 1.29 is 13.6 Å². The van der Waals surface area contributed by atoms with Gasteiger partial charge in [-0.25, -0.2) is 13.8 Å². The second kappa shape index (κ2) is 7.72. The largest absolute Gasteiger partial charge is 0.340 e. The molecule has 0 bridgehead atoms. The van der Waals surface area contributed by atoms with E-state index in [1.807, 2.05) is 47.5 Å². The molecule has 0 atom stereocenters. The lowest BCUT2D eigenvalue weighted by atomic mass is 10.0. The topological polar surface area (TPSA) is 74.2 Å². The second-order valence-electron chi connectivity index (χ2n) is 8.66. The van der Waals surface area contributed by atoms with Gasteiger partial charge in [0, 0.05) is 48.3 Å². The average Bonchev–Trinajstić information content (AvgIpc) is 3.26. The zero-order valence-corrected chi connectivity index (χ0v) is 18.1. The van der Waals surface area contributed by atoms with Crippen LogP contribution in [-0.2, 0) is 13.1 Å². The molecule has 0 radical (unpaired) electrons. The third-order valence-corrected chi connectivity index (χ3v) is 6.15. The molecule has 7 nitrogen and oxygen atoms in total. The SMILES string of the molecule is O=C(c1ccc2c(c1)CN(c1nccc(Nc3ccc4cnccc4c3)n1)C2)N1CC(F)(F)C1. The van der Waals surface area contributed by atoms with Crippen LogP contribution in [0.2, 0.25) is 0 Å². The Kier molecular flexibility index (Phi) is 4.65. The quantitative estimate of drug-likeness (QED) is 0.489. The van der Waals surface area contributed by atoms with Gasteiger partial charge < -0.3 is 15.1 Å². The van der Waals surface area contributed by atoms with E-state index in [2.05, 4.69) is 20.3 Å². The predicted molar refractivity (Wildman–Crippen MR) is 124 cm³/mol. The molecule has 1 fully saturated rings. The van der Waals surface area contributed by atoms with Crippen LogP contribution >= 0.6 is 0 Å². The highest BCUT2D eigenvalue weighted by molar-refractivity contribution is 5.95. The summed E-state index contributed by atoms with van der Waals surface area (Å²) in [6.07, 6.45) is 5.29. The van der Waals surface area contributed by atoms with Gasteiger partial charge in [0.2, 0.25) is 5.95 Å². The number of rotatable bonds is 4. The zero-order valence-electron chi connectivity index (χ0n) is 18.1. The van der Waals surface area contributed by atoms with Gasteiger partial charge in [-0.3, -0.25) is 9.78 Å². The molecule has 0 unspecified atom stereocenters. The summed E-state index contributed by atoms with van der Waals surface area (Å²) in [6, 6.07) is 15.2. The second-order valence-corrected chi connectivity index (χ2v) is 8.66. The minimum absolute atomic E-state index is 0.360. The molecule has 0 aliphatic carbocycles. The van der Waals surface area contributed by atoms with Gasteiger partial charge in [-0.05, 0) is 52.9 Å². The Balaban J connectivity index is 1.18. The van der Waals surface area contributed by atoms with Gasteiger partial charge in [-0.1, -0.05) is 12.1 Å². The molecule has 1 saturated heterocycles. The summed E-state index contributed by atoms with van der Waals surface area (Å²) >= 11 is 0. The van der Waals surface area contributed by atoms with E-state index in [0.29, 0.717) is 30.4 Å². The van der Waals surface area contributed by atoms with E-state index >= 15 is 0 Å². The van der Waals surface area contributed by atoms with Crippen molar-refractivity contribution in [2.75, 3.05) is 23.3 Å². The molecule has 4 heterocycles. The van der Waals surface area contributed by atoms with Crippen molar-refractivity contribution in [3.63, 3.8) is 0 Å². The van der Waals surface area contributed by atoms with Crippen molar-refractivity contribution in [3.8, 4) is 0 Å². The number of fused-ring (bicyclic) bond motifs is 2. The Labute approximate surface area is 194 Å². The average molecular weight is 458 g/mol. The van der Waals surface area contributed by atoms with E-state index in [1.54, 1.807) is 24.5 Å². The molecule has 9 heteroatoms. The first-order valence-electron chi connectivity index (χ1n) is 10.9. The molecule has 6 rings (SSSR count). The lowest BCUT2D eigenvalue weighted by Gasteiger charge is -2.38. The predicted octanol–water partition coefficient (Wildman–Crippen LogP) is 4.38. The van der Waals surface area contributed by atoms with Gasteiger partial charge in [0.05, 0.1) is 13.1 Å². The van der Waals surface area contributed by atoms with Crippen molar-refractivity contribution >= 4 is 34.1 Å². The Morgan fingerprint density at radius 1 is 0.941 bits per heavy atom. The van der Waals surface area contributed by atoms with Crippen molar-refractivity contribution in [1.82, 2.24) is 19.9 Å². The summed E-state index contributed by atoms with van der Waals surface area (Å²) in [5, 5.41) is 5.47. The Morgan fingerprint density at radius 2 is 1.79 bits per heavy atom. The van der Waals surface area contributed by atoms with Gasteiger partial charge in [0.15, 0.2) is 0 Å². The highest BCUT2D eigenvalue weighted by Crippen LogP contribution is 2.31. The first-order chi connectivity index (χ1) is 16.4. The molecule has 2 aromatic carbocycles. The maximum atomic E-state index is 13.1. The van der Waals surface area contributed by atoms with Crippen LogP contribution in [0.1, 0.15) is 21.5 Å². The normalized spacial score (nSPS) is 16.3. The lowest BCUT2D eigenvalue weighted by molar-refractivity contribution is -0.113. The molecule has 0 spiro atoms. The number of amides is 1. The number of anilines is 3. The molecule has 4 aromatic rings. The molecule has 1 amide bonds. The van der Waals surface area contributed by atoms with Crippen LogP contribution in [0.5, 0.6) is 0 Å². The number of halogens is 2. The van der Waals surface area contributed by atoms with E-state index in [0.717, 1.165) is 27.6 Å². The van der Waals surface area contributed by atoms with Crippen molar-refractivity contribution in [1.29, 1.82) is 0 Å². The molecule has 2 aliphatic heterocycles. The molecule has 2 aliphatic rings. The van der Waals surface area contributed by atoms with E-state index < -0.39 is 19.0 Å². The van der Waals surface area contributed by atoms with Gasteiger partial charge >= 0.3 is 0 Å². The van der Waals surface area contributed by atoms with Crippen LogP contribution in [0, 0.1) is 0 Å². The highest BCUT2D eigenvalue weighted by atomic mass is 19.3. The number of alkyl halides is 2. The zero-order chi connectivity index (χ0) is 23.3. The number of carbonyl (C=O) groups is 1. The summed E-state index contributed by atoms with van der Waals surface area (Å²) < 4.78 is 26.3. The first kappa shape index (κ1) is 20.5. The molecule has 170 valence electrons. The molecule has 0 saturated carbocycles. The first-order valence-corrected chi connectivity index (χ1v) is 10.9. The molecule has 2 aromatic heterocycles. The molecule has 34 heavy (non-hydrogen) atoms. The number of hydrogen-bond acceptors (Lipinski definition) is 6. The van der Waals surface area contributed by atoms with E-state index in [9.17, 15) is 13.6 Å². The standard InChI is InChI=1S/C25H20F2N6O/c26-25(27)14-33(15-25)23(34)17-1-2-19-12-32(13-20(19)9-17)24-29-8-6-22(31-24)30-21-4-3-18-11-28-7-5-16(18)10-21/h1-11H,12-15H2,(H,29,30,31). The fourth-order valence-electron chi connectivity index (χ4n) is 4.39. The molecular weight excluding hydrogens is 438 g/mol. The maximum absolute atomic E-state index is 13.1. The van der Waals surface area contributed by atoms with Gasteiger partial charge in [-0.2, -0.15) is 4.98 Å². The van der Waals surface area contributed by atoms with Crippen LogP contribution in [0.15, 0.2) is 67.1 Å². The van der Waals surface area contributed by atoms with Gasteiger partial charge in [-0.15, -0.1) is 0 Å². The lowest BCUT2D eigenvalue weighted by Crippen LogP contribution is -2.58. The van der Waals surface area contributed by atoms with Crippen molar-refractivity contribution in [2.45, 2.75) is 19.0 Å². The fourth-order valence-corrected chi connectivity index (χ4v) is 4.39. The minimum Gasteiger partial charge on any atom is -0.340 e. The maximum Gasteiger partial charge on any atom is 0.282 e. The summed E-state index contributed by atoms with van der Waals surface area (Å²) in [6.45, 7) is 0.116. The number of benzene rings is 2. The minimum atomic E-state index is -2.77. The van der Waals surface area contributed by atoms with Gasteiger partial charge in [0.1, 0.15) is 5.82 Å². The summed E-state index contributed by atoms with van der Waals surface area (Å²) in [5.41, 5.74) is 3.38. The van der Waals surface area contributed by atoms with E-state index in [-0.39, 0.29) is 5.91 Å². The van der Waals surface area contributed by atoms with Gasteiger partial charge in [0.25, 0.3) is 11.8 Å². The summed E-state index contributed by atoms with van der Waals surface area (Å²) in [4.78, 5) is 28.9. The van der Waals surface area contributed by atoms with E-state index in [1.165, 1.54) is 4.90 Å². The van der Waals surface area contributed by atoms with Crippen molar-refractivity contribution in [2.24, 2.45) is 0 Å². The molecule has 1 N–H and O–H groups in total. The van der Waals surface area contributed by atoms with Crippen molar-refractivity contribution in [3.05, 3.63) is 83.8 Å². The third kappa shape index (κ3) is 3.79. The summed E-state index contributed by atoms with van der Waals surface area (Å²) in [5.74, 6) is -1.89. The number of likely N-dealkylation sites (tertiary alicyclic amines) is 1. The van der Waals surface area contributed by atoms with Crippen LogP contribution in [0.3, 0.4) is 0 Å². The smallest absolute Gasteiger partial charge is 0.282 e. The van der Waals surface area contributed by atoms with E-state index in [4.69, 9.17) is 0 Å². The number of aromatic nitrogens is 3. The number of carbonyl (C=O) groups excluding carboxylic acids is 1. The van der Waals surface area contributed by atoms with Crippen LogP contribution in [0.25, 0.3) is 10.8 Å². The Morgan fingerprint density at radius 3 is 2.65 bits per heavy atom.